The molecule has 142 valence electrons. The zero-order valence-corrected chi connectivity index (χ0v) is 16.1. The van der Waals surface area contributed by atoms with Gasteiger partial charge in [-0.15, -0.1) is 0 Å². The van der Waals surface area contributed by atoms with E-state index in [1.165, 1.54) is 31.1 Å². The summed E-state index contributed by atoms with van der Waals surface area (Å²) in [7, 11) is 0. The lowest BCUT2D eigenvalue weighted by molar-refractivity contribution is 0.0925. The van der Waals surface area contributed by atoms with Gasteiger partial charge >= 0.3 is 6.03 Å². The van der Waals surface area contributed by atoms with Crippen LogP contribution in [0.15, 0.2) is 42.5 Å². The summed E-state index contributed by atoms with van der Waals surface area (Å²) < 4.78 is 5.76. The second kappa shape index (κ2) is 11.5. The maximum absolute atomic E-state index is 12.0. The number of unbranched alkanes of at least 4 members (excludes halogenated alkanes) is 1. The lowest BCUT2D eigenvalue weighted by Crippen LogP contribution is -2.30. The van der Waals surface area contributed by atoms with E-state index in [9.17, 15) is 4.79 Å². The number of fused-ring (bicyclic) bond motifs is 1. The van der Waals surface area contributed by atoms with Crippen LogP contribution < -0.4 is 10.6 Å². The highest BCUT2D eigenvalue weighted by Gasteiger charge is 2.06. The molecule has 4 heteroatoms. The van der Waals surface area contributed by atoms with Crippen molar-refractivity contribution in [1.29, 1.82) is 0 Å². The summed E-state index contributed by atoms with van der Waals surface area (Å²) in [5, 5.41) is 8.05. The van der Waals surface area contributed by atoms with Crippen molar-refractivity contribution in [3.05, 3.63) is 42.5 Å². The van der Waals surface area contributed by atoms with Crippen molar-refractivity contribution in [3.8, 4) is 0 Å². The Bertz CT molecular complexity index is 672. The molecule has 2 N–H and O–H groups in total. The Morgan fingerprint density at radius 3 is 2.65 bits per heavy atom. The van der Waals surface area contributed by atoms with Crippen LogP contribution in [0.5, 0.6) is 0 Å². The Morgan fingerprint density at radius 2 is 1.88 bits per heavy atom. The molecular formula is C22H32N2O2. The van der Waals surface area contributed by atoms with Crippen LogP contribution in [-0.2, 0) is 4.74 Å². The molecule has 4 nitrogen and oxygen atoms in total. The summed E-state index contributed by atoms with van der Waals surface area (Å²) >= 11 is 0. The van der Waals surface area contributed by atoms with E-state index in [2.05, 4.69) is 30.5 Å². The predicted molar refractivity (Wildman–Crippen MR) is 110 cm³/mol. The lowest BCUT2D eigenvalue weighted by Gasteiger charge is -2.14. The average molecular weight is 357 g/mol. The molecule has 0 saturated carbocycles. The number of amides is 2. The summed E-state index contributed by atoms with van der Waals surface area (Å²) in [6, 6.07) is 13.9. The minimum absolute atomic E-state index is 0.172. The number of benzene rings is 2. The first-order chi connectivity index (χ1) is 12.7. The third-order valence-electron chi connectivity index (χ3n) is 4.66. The van der Waals surface area contributed by atoms with E-state index in [-0.39, 0.29) is 6.03 Å². The molecule has 0 fully saturated rings. The smallest absolute Gasteiger partial charge is 0.319 e. The van der Waals surface area contributed by atoms with Crippen LogP contribution in [0.25, 0.3) is 10.8 Å². The van der Waals surface area contributed by atoms with Crippen LogP contribution in [0.2, 0.25) is 0 Å². The molecule has 0 spiro atoms. The van der Waals surface area contributed by atoms with Gasteiger partial charge in [0.05, 0.1) is 0 Å². The number of carbonyl (C=O) groups is 1. The maximum Gasteiger partial charge on any atom is 0.319 e. The van der Waals surface area contributed by atoms with E-state index in [0.717, 1.165) is 24.1 Å². The summed E-state index contributed by atoms with van der Waals surface area (Å²) in [6.07, 6.45) is 5.77. The standard InChI is InChI=1S/C22H32N2O2/c1-3-5-9-18(4-2)17-26-15-8-14-23-22(25)24-21-13-12-19-10-6-7-11-20(19)16-21/h6-7,10-13,16,18H,3-5,8-9,14-15,17H2,1-2H3,(H2,23,24,25). The van der Waals surface area contributed by atoms with Gasteiger partial charge in [0.2, 0.25) is 0 Å². The lowest BCUT2D eigenvalue weighted by atomic mass is 10.0. The molecule has 2 rings (SSSR count). The minimum atomic E-state index is -0.172. The number of anilines is 1. The van der Waals surface area contributed by atoms with Crippen molar-refractivity contribution in [2.24, 2.45) is 5.92 Å². The number of urea groups is 1. The van der Waals surface area contributed by atoms with Crippen LogP contribution in [0.1, 0.15) is 46.0 Å². The average Bonchev–Trinajstić information content (AvgIpc) is 2.66. The maximum atomic E-state index is 12.0. The van der Waals surface area contributed by atoms with E-state index < -0.39 is 0 Å². The molecule has 1 atom stereocenters. The highest BCUT2D eigenvalue weighted by Crippen LogP contribution is 2.18. The first kappa shape index (κ1) is 20.2. The van der Waals surface area contributed by atoms with Gasteiger partial charge in [0.1, 0.15) is 0 Å². The number of rotatable bonds is 11. The molecule has 2 aromatic rings. The fourth-order valence-electron chi connectivity index (χ4n) is 2.97. The normalized spacial score (nSPS) is 12.1. The Balaban J connectivity index is 1.61. The summed E-state index contributed by atoms with van der Waals surface area (Å²) in [5.41, 5.74) is 0.805. The summed E-state index contributed by atoms with van der Waals surface area (Å²) in [5.74, 6) is 0.666. The second-order valence-electron chi connectivity index (χ2n) is 6.79. The van der Waals surface area contributed by atoms with Crippen molar-refractivity contribution in [2.45, 2.75) is 46.0 Å². The van der Waals surface area contributed by atoms with Crippen LogP contribution >= 0.6 is 0 Å². The van der Waals surface area contributed by atoms with Gasteiger partial charge in [-0.2, -0.15) is 0 Å². The molecule has 0 radical (unpaired) electrons. The van der Waals surface area contributed by atoms with Crippen LogP contribution in [0.3, 0.4) is 0 Å². The fourth-order valence-corrected chi connectivity index (χ4v) is 2.97. The van der Waals surface area contributed by atoms with Crippen molar-refractivity contribution in [2.75, 3.05) is 25.1 Å². The predicted octanol–water partition coefficient (Wildman–Crippen LogP) is 5.58. The largest absolute Gasteiger partial charge is 0.381 e. The zero-order valence-electron chi connectivity index (χ0n) is 16.1. The highest BCUT2D eigenvalue weighted by molar-refractivity contribution is 5.93. The molecule has 2 aromatic carbocycles. The molecule has 1 unspecified atom stereocenters. The van der Waals surface area contributed by atoms with Gasteiger partial charge < -0.3 is 15.4 Å². The molecule has 0 saturated heterocycles. The molecule has 0 bridgehead atoms. The highest BCUT2D eigenvalue weighted by atomic mass is 16.5. The quantitative estimate of drug-likeness (QED) is 0.516. The van der Waals surface area contributed by atoms with Crippen molar-refractivity contribution < 1.29 is 9.53 Å². The van der Waals surface area contributed by atoms with Gasteiger partial charge in [0, 0.05) is 25.4 Å². The third kappa shape index (κ3) is 7.04. The van der Waals surface area contributed by atoms with Crippen molar-refractivity contribution in [3.63, 3.8) is 0 Å². The van der Waals surface area contributed by atoms with Crippen molar-refractivity contribution in [1.82, 2.24) is 5.32 Å². The van der Waals surface area contributed by atoms with Gasteiger partial charge in [0.15, 0.2) is 0 Å². The van der Waals surface area contributed by atoms with Gasteiger partial charge in [0.25, 0.3) is 0 Å². The molecular weight excluding hydrogens is 324 g/mol. The second-order valence-corrected chi connectivity index (χ2v) is 6.79. The monoisotopic (exact) mass is 356 g/mol. The van der Waals surface area contributed by atoms with Crippen LogP contribution in [0, 0.1) is 5.92 Å². The van der Waals surface area contributed by atoms with Gasteiger partial charge in [-0.05, 0) is 41.7 Å². The molecule has 0 aromatic heterocycles. The number of carbonyl (C=O) groups excluding carboxylic acids is 1. The molecule has 0 aliphatic heterocycles. The molecule has 0 heterocycles. The van der Waals surface area contributed by atoms with E-state index in [4.69, 9.17) is 4.74 Å². The summed E-state index contributed by atoms with van der Waals surface area (Å²) in [6.45, 7) is 6.59. The molecule has 0 aliphatic carbocycles. The number of nitrogens with one attached hydrogen (secondary N) is 2. The molecule has 2 amide bonds. The van der Waals surface area contributed by atoms with E-state index in [1.54, 1.807) is 0 Å². The van der Waals surface area contributed by atoms with E-state index in [1.807, 2.05) is 36.4 Å². The molecule has 0 aliphatic rings. The fraction of sp³-hybridized carbons (Fsp3) is 0.500. The Kier molecular flexibility index (Phi) is 8.98. The van der Waals surface area contributed by atoms with E-state index >= 15 is 0 Å². The van der Waals surface area contributed by atoms with E-state index in [0.29, 0.717) is 19.1 Å². The number of ether oxygens (including phenoxy) is 1. The first-order valence-electron chi connectivity index (χ1n) is 9.84. The Morgan fingerprint density at radius 1 is 1.08 bits per heavy atom. The summed E-state index contributed by atoms with van der Waals surface area (Å²) in [4.78, 5) is 12.0. The van der Waals surface area contributed by atoms with Gasteiger partial charge in [-0.1, -0.05) is 63.4 Å². The van der Waals surface area contributed by atoms with Gasteiger partial charge in [-0.25, -0.2) is 4.79 Å². The number of hydrogen-bond acceptors (Lipinski definition) is 2. The molecule has 26 heavy (non-hydrogen) atoms. The Hall–Kier alpha value is -2.07. The van der Waals surface area contributed by atoms with Crippen molar-refractivity contribution >= 4 is 22.5 Å². The number of hydrogen-bond donors (Lipinski definition) is 2. The van der Waals surface area contributed by atoms with Crippen LogP contribution in [-0.4, -0.2) is 25.8 Å². The van der Waals surface area contributed by atoms with Gasteiger partial charge in [-0.3, -0.25) is 0 Å². The third-order valence-corrected chi connectivity index (χ3v) is 4.66. The topological polar surface area (TPSA) is 50.4 Å². The minimum Gasteiger partial charge on any atom is -0.381 e. The Labute approximate surface area is 157 Å². The SMILES string of the molecule is CCCCC(CC)COCCCNC(=O)Nc1ccc2ccccc2c1. The first-order valence-corrected chi connectivity index (χ1v) is 9.84. The van der Waals surface area contributed by atoms with Crippen LogP contribution in [0.4, 0.5) is 10.5 Å². The zero-order chi connectivity index (χ0) is 18.6.